The summed E-state index contributed by atoms with van der Waals surface area (Å²) in [6.45, 7) is 3.80. The fourth-order valence-electron chi connectivity index (χ4n) is 2.56. The van der Waals surface area contributed by atoms with Crippen LogP contribution >= 0.6 is 0 Å². The van der Waals surface area contributed by atoms with Gasteiger partial charge >= 0.3 is 0 Å². The SMILES string of the molecule is COc1cccc(/C=N\N2C(=O)c3ccccc3C2=O)c1OC(C)C. The van der Waals surface area contributed by atoms with Crippen LogP contribution in [0.1, 0.15) is 40.1 Å². The zero-order valence-electron chi connectivity index (χ0n) is 14.2. The summed E-state index contributed by atoms with van der Waals surface area (Å²) in [5.41, 5.74) is 1.33. The lowest BCUT2D eigenvalue weighted by atomic mass is 10.1. The van der Waals surface area contributed by atoms with E-state index in [1.807, 2.05) is 13.8 Å². The molecule has 1 aliphatic heterocycles. The number of benzene rings is 2. The summed E-state index contributed by atoms with van der Waals surface area (Å²) in [6.07, 6.45) is 1.37. The Bertz CT molecular complexity index is 823. The van der Waals surface area contributed by atoms with Crippen LogP contribution in [0.5, 0.6) is 11.5 Å². The molecule has 0 N–H and O–H groups in total. The van der Waals surface area contributed by atoms with Crippen molar-refractivity contribution in [2.75, 3.05) is 7.11 Å². The average Bonchev–Trinajstić information content (AvgIpc) is 2.85. The van der Waals surface area contributed by atoms with Gasteiger partial charge in [0.15, 0.2) is 11.5 Å². The summed E-state index contributed by atoms with van der Waals surface area (Å²) in [6, 6.07) is 12.0. The lowest BCUT2D eigenvalue weighted by Crippen LogP contribution is -2.24. The lowest BCUT2D eigenvalue weighted by molar-refractivity contribution is 0.0660. The minimum atomic E-state index is -0.439. The van der Waals surface area contributed by atoms with Crippen molar-refractivity contribution in [2.24, 2.45) is 5.10 Å². The van der Waals surface area contributed by atoms with Crippen LogP contribution in [0, 0.1) is 0 Å². The fraction of sp³-hybridized carbons (Fsp3) is 0.211. The molecule has 1 heterocycles. The third-order valence-corrected chi connectivity index (χ3v) is 3.67. The van der Waals surface area contributed by atoms with E-state index < -0.39 is 11.8 Å². The van der Waals surface area contributed by atoms with E-state index in [0.29, 0.717) is 28.2 Å². The van der Waals surface area contributed by atoms with Crippen molar-refractivity contribution in [1.82, 2.24) is 5.01 Å². The van der Waals surface area contributed by atoms with Crippen LogP contribution in [0.3, 0.4) is 0 Å². The third-order valence-electron chi connectivity index (χ3n) is 3.67. The number of imide groups is 1. The van der Waals surface area contributed by atoms with Gasteiger partial charge in [-0.3, -0.25) is 9.59 Å². The second-order valence-corrected chi connectivity index (χ2v) is 5.76. The van der Waals surface area contributed by atoms with Crippen molar-refractivity contribution in [1.29, 1.82) is 0 Å². The molecule has 0 aromatic heterocycles. The number of fused-ring (bicyclic) bond motifs is 1. The number of methoxy groups -OCH3 is 1. The van der Waals surface area contributed by atoms with Crippen molar-refractivity contribution in [2.45, 2.75) is 20.0 Å². The molecule has 2 aromatic carbocycles. The van der Waals surface area contributed by atoms with Crippen LogP contribution in [0.4, 0.5) is 0 Å². The fourth-order valence-corrected chi connectivity index (χ4v) is 2.56. The maximum Gasteiger partial charge on any atom is 0.282 e. The molecule has 6 heteroatoms. The smallest absolute Gasteiger partial charge is 0.282 e. The van der Waals surface area contributed by atoms with E-state index in [2.05, 4.69) is 5.10 Å². The molecule has 1 aliphatic rings. The first-order chi connectivity index (χ1) is 12.0. The molecule has 25 heavy (non-hydrogen) atoms. The number of nitrogens with zero attached hydrogens (tertiary/aromatic N) is 2. The third kappa shape index (κ3) is 3.10. The van der Waals surface area contributed by atoms with E-state index in [9.17, 15) is 9.59 Å². The van der Waals surface area contributed by atoms with Crippen molar-refractivity contribution >= 4 is 18.0 Å². The van der Waals surface area contributed by atoms with Gasteiger partial charge in [-0.1, -0.05) is 18.2 Å². The predicted molar refractivity (Wildman–Crippen MR) is 93.3 cm³/mol. The second kappa shape index (κ2) is 6.76. The maximum atomic E-state index is 12.3. The van der Waals surface area contributed by atoms with E-state index in [0.717, 1.165) is 5.01 Å². The molecule has 0 fully saturated rings. The number of hydrogen-bond donors (Lipinski definition) is 0. The number of carbonyl (C=O) groups is 2. The Morgan fingerprint density at radius 3 is 2.20 bits per heavy atom. The predicted octanol–water partition coefficient (Wildman–Crippen LogP) is 3.11. The first kappa shape index (κ1) is 16.7. The molecule has 6 nitrogen and oxygen atoms in total. The second-order valence-electron chi connectivity index (χ2n) is 5.76. The zero-order valence-corrected chi connectivity index (χ0v) is 14.2. The van der Waals surface area contributed by atoms with Crippen LogP contribution in [-0.4, -0.2) is 36.3 Å². The Balaban J connectivity index is 1.93. The Labute approximate surface area is 145 Å². The van der Waals surface area contributed by atoms with Gasteiger partial charge in [0.05, 0.1) is 30.6 Å². The first-order valence-corrected chi connectivity index (χ1v) is 7.88. The highest BCUT2D eigenvalue weighted by atomic mass is 16.5. The minimum Gasteiger partial charge on any atom is -0.493 e. The molecular formula is C19H18N2O4. The summed E-state index contributed by atoms with van der Waals surface area (Å²) < 4.78 is 11.1. The molecule has 0 radical (unpaired) electrons. The monoisotopic (exact) mass is 338 g/mol. The highest BCUT2D eigenvalue weighted by Gasteiger charge is 2.35. The standard InChI is InChI=1S/C19H18N2O4/c1-12(2)25-17-13(7-6-10-16(17)24-3)11-20-21-18(22)14-8-4-5-9-15(14)19(21)23/h4-12H,1-3H3/b20-11-. The molecule has 3 rings (SSSR count). The number of ether oxygens (including phenoxy) is 2. The highest BCUT2D eigenvalue weighted by Crippen LogP contribution is 2.31. The molecule has 0 unspecified atom stereocenters. The van der Waals surface area contributed by atoms with Crippen molar-refractivity contribution in [3.63, 3.8) is 0 Å². The molecule has 0 spiro atoms. The van der Waals surface area contributed by atoms with E-state index in [-0.39, 0.29) is 6.10 Å². The van der Waals surface area contributed by atoms with Crippen LogP contribution in [0.25, 0.3) is 0 Å². The van der Waals surface area contributed by atoms with Crippen LogP contribution in [-0.2, 0) is 0 Å². The van der Waals surface area contributed by atoms with E-state index in [1.165, 1.54) is 6.21 Å². The van der Waals surface area contributed by atoms with Crippen molar-refractivity contribution in [3.05, 3.63) is 59.2 Å². The number of para-hydroxylation sites is 1. The summed E-state index contributed by atoms with van der Waals surface area (Å²) in [5.74, 6) is 0.192. The topological polar surface area (TPSA) is 68.2 Å². The van der Waals surface area contributed by atoms with E-state index in [4.69, 9.17) is 9.47 Å². The van der Waals surface area contributed by atoms with Gasteiger partial charge in [0.2, 0.25) is 0 Å². The minimum absolute atomic E-state index is 0.0669. The number of amides is 2. The largest absolute Gasteiger partial charge is 0.493 e. The first-order valence-electron chi connectivity index (χ1n) is 7.88. The molecule has 0 atom stereocenters. The van der Waals surface area contributed by atoms with Gasteiger partial charge in [-0.25, -0.2) is 0 Å². The van der Waals surface area contributed by atoms with Gasteiger partial charge in [-0.05, 0) is 38.1 Å². The molecule has 128 valence electrons. The Hall–Kier alpha value is -3.15. The molecular weight excluding hydrogens is 320 g/mol. The summed E-state index contributed by atoms with van der Waals surface area (Å²) in [7, 11) is 1.55. The number of hydrogen-bond acceptors (Lipinski definition) is 5. The van der Waals surface area contributed by atoms with Crippen molar-refractivity contribution in [3.8, 4) is 11.5 Å². The molecule has 2 amide bonds. The Morgan fingerprint density at radius 2 is 1.64 bits per heavy atom. The molecule has 0 bridgehead atoms. The molecule has 2 aromatic rings. The van der Waals surface area contributed by atoms with Crippen LogP contribution in [0.2, 0.25) is 0 Å². The summed E-state index contributed by atoms with van der Waals surface area (Å²) in [4.78, 5) is 24.7. The molecule has 0 aliphatic carbocycles. The summed E-state index contributed by atoms with van der Waals surface area (Å²) in [5, 5.41) is 4.95. The summed E-state index contributed by atoms with van der Waals surface area (Å²) >= 11 is 0. The van der Waals surface area contributed by atoms with Crippen molar-refractivity contribution < 1.29 is 19.1 Å². The maximum absolute atomic E-state index is 12.3. The van der Waals surface area contributed by atoms with E-state index >= 15 is 0 Å². The lowest BCUT2D eigenvalue weighted by Gasteiger charge is -2.16. The zero-order chi connectivity index (χ0) is 18.0. The van der Waals surface area contributed by atoms with E-state index in [1.54, 1.807) is 49.6 Å². The van der Waals surface area contributed by atoms with Gasteiger partial charge < -0.3 is 9.47 Å². The van der Waals surface area contributed by atoms with Crippen LogP contribution in [0.15, 0.2) is 47.6 Å². The van der Waals surface area contributed by atoms with Gasteiger partial charge in [-0.2, -0.15) is 10.1 Å². The number of hydrazone groups is 1. The van der Waals surface area contributed by atoms with Gasteiger partial charge in [0.25, 0.3) is 11.8 Å². The number of carbonyl (C=O) groups excluding carboxylic acids is 2. The van der Waals surface area contributed by atoms with Crippen LogP contribution < -0.4 is 9.47 Å². The Kier molecular flexibility index (Phi) is 4.52. The Morgan fingerprint density at radius 1 is 1.00 bits per heavy atom. The van der Waals surface area contributed by atoms with Gasteiger partial charge in [-0.15, -0.1) is 0 Å². The highest BCUT2D eigenvalue weighted by molar-refractivity contribution is 6.21. The quantitative estimate of drug-likeness (QED) is 0.620. The number of rotatable bonds is 5. The normalized spacial score (nSPS) is 13.7. The average molecular weight is 338 g/mol. The molecule has 0 saturated heterocycles. The van der Waals surface area contributed by atoms with Gasteiger partial charge in [0.1, 0.15) is 0 Å². The van der Waals surface area contributed by atoms with Gasteiger partial charge in [0, 0.05) is 5.56 Å². The molecule has 0 saturated carbocycles.